The second kappa shape index (κ2) is 5.30. The van der Waals surface area contributed by atoms with Crippen LogP contribution in [-0.4, -0.2) is 22.0 Å². The summed E-state index contributed by atoms with van der Waals surface area (Å²) in [6.07, 6.45) is 1.55. The Morgan fingerprint density at radius 2 is 1.79 bits per heavy atom. The Labute approximate surface area is 109 Å². The number of aryl methyl sites for hydroxylation is 2. The van der Waals surface area contributed by atoms with Gasteiger partial charge < -0.3 is 9.84 Å². The normalized spacial score (nSPS) is 10.0. The SMILES string of the molecule is Cc1ccnc(NC(=O)C(=O)Nc2cc(C)on2)c1. The first-order valence-electron chi connectivity index (χ1n) is 5.53. The molecule has 2 aromatic heterocycles. The number of nitrogens with one attached hydrogen (secondary N) is 2. The summed E-state index contributed by atoms with van der Waals surface area (Å²) in [7, 11) is 0. The van der Waals surface area contributed by atoms with E-state index in [2.05, 4.69) is 20.8 Å². The lowest BCUT2D eigenvalue weighted by molar-refractivity contribution is -0.133. The van der Waals surface area contributed by atoms with Crippen molar-refractivity contribution in [3.8, 4) is 0 Å². The second-order valence-electron chi connectivity index (χ2n) is 3.95. The number of amides is 2. The van der Waals surface area contributed by atoms with Crippen molar-refractivity contribution in [3.63, 3.8) is 0 Å². The van der Waals surface area contributed by atoms with Crippen molar-refractivity contribution in [2.45, 2.75) is 13.8 Å². The number of anilines is 2. The van der Waals surface area contributed by atoms with Gasteiger partial charge >= 0.3 is 11.8 Å². The first-order valence-corrected chi connectivity index (χ1v) is 5.53. The molecule has 7 heteroatoms. The molecule has 0 radical (unpaired) electrons. The standard InChI is InChI=1S/C12H12N4O3/c1-7-3-4-13-9(5-7)14-11(17)12(18)15-10-6-8(2)19-16-10/h3-6H,1-2H3,(H,13,14,17)(H,15,16,18). The van der Waals surface area contributed by atoms with E-state index in [4.69, 9.17) is 4.52 Å². The van der Waals surface area contributed by atoms with Gasteiger partial charge in [-0.25, -0.2) is 4.98 Å². The van der Waals surface area contributed by atoms with Crippen LogP contribution in [0.2, 0.25) is 0 Å². The molecule has 0 atom stereocenters. The number of hydrogen-bond acceptors (Lipinski definition) is 5. The van der Waals surface area contributed by atoms with Crippen LogP contribution in [0.4, 0.5) is 11.6 Å². The highest BCUT2D eigenvalue weighted by Gasteiger charge is 2.16. The van der Waals surface area contributed by atoms with E-state index in [1.165, 1.54) is 6.07 Å². The zero-order valence-electron chi connectivity index (χ0n) is 10.4. The summed E-state index contributed by atoms with van der Waals surface area (Å²) in [5, 5.41) is 8.26. The molecule has 19 heavy (non-hydrogen) atoms. The minimum Gasteiger partial charge on any atom is -0.360 e. The van der Waals surface area contributed by atoms with Gasteiger partial charge in [-0.2, -0.15) is 0 Å². The lowest BCUT2D eigenvalue weighted by atomic mass is 10.3. The van der Waals surface area contributed by atoms with Crippen molar-refractivity contribution in [1.82, 2.24) is 10.1 Å². The summed E-state index contributed by atoms with van der Waals surface area (Å²) in [4.78, 5) is 27.1. The van der Waals surface area contributed by atoms with Gasteiger partial charge in [-0.3, -0.25) is 14.9 Å². The molecular weight excluding hydrogens is 248 g/mol. The van der Waals surface area contributed by atoms with Crippen LogP contribution in [0.3, 0.4) is 0 Å². The van der Waals surface area contributed by atoms with E-state index in [1.807, 2.05) is 6.92 Å². The number of carbonyl (C=O) groups excluding carboxylic acids is 2. The molecule has 2 amide bonds. The molecule has 0 aliphatic rings. The molecule has 0 unspecified atom stereocenters. The Morgan fingerprint density at radius 3 is 2.37 bits per heavy atom. The third kappa shape index (κ3) is 3.38. The number of hydrogen-bond donors (Lipinski definition) is 2. The van der Waals surface area contributed by atoms with Gasteiger partial charge in [0.2, 0.25) is 0 Å². The average Bonchev–Trinajstić information content (AvgIpc) is 2.74. The Bertz CT molecular complexity index is 621. The van der Waals surface area contributed by atoms with Gasteiger partial charge in [0.05, 0.1) is 0 Å². The number of pyridine rings is 1. The lowest BCUT2D eigenvalue weighted by Crippen LogP contribution is -2.29. The molecule has 0 bridgehead atoms. The van der Waals surface area contributed by atoms with Crippen molar-refractivity contribution < 1.29 is 14.1 Å². The predicted molar refractivity (Wildman–Crippen MR) is 67.5 cm³/mol. The summed E-state index contributed by atoms with van der Waals surface area (Å²) < 4.78 is 4.77. The first-order chi connectivity index (χ1) is 9.04. The van der Waals surface area contributed by atoms with E-state index in [-0.39, 0.29) is 5.82 Å². The van der Waals surface area contributed by atoms with Gasteiger partial charge in [0, 0.05) is 12.3 Å². The Morgan fingerprint density at radius 1 is 1.11 bits per heavy atom. The zero-order valence-corrected chi connectivity index (χ0v) is 10.4. The van der Waals surface area contributed by atoms with Crippen molar-refractivity contribution in [3.05, 3.63) is 35.7 Å². The van der Waals surface area contributed by atoms with Crippen molar-refractivity contribution >= 4 is 23.5 Å². The molecule has 0 saturated heterocycles. The smallest absolute Gasteiger partial charge is 0.315 e. The van der Waals surface area contributed by atoms with Crippen molar-refractivity contribution in [2.24, 2.45) is 0 Å². The molecule has 0 spiro atoms. The molecule has 7 nitrogen and oxygen atoms in total. The van der Waals surface area contributed by atoms with Gasteiger partial charge in [-0.05, 0) is 31.5 Å². The van der Waals surface area contributed by atoms with Gasteiger partial charge in [-0.15, -0.1) is 0 Å². The van der Waals surface area contributed by atoms with E-state index in [1.54, 1.807) is 25.3 Å². The molecule has 0 fully saturated rings. The summed E-state index contributed by atoms with van der Waals surface area (Å²) in [6, 6.07) is 4.95. The molecule has 0 saturated carbocycles. The molecule has 2 aromatic rings. The average molecular weight is 260 g/mol. The summed E-state index contributed by atoms with van der Waals surface area (Å²) in [5.41, 5.74) is 0.929. The van der Waals surface area contributed by atoms with Gasteiger partial charge in [0.15, 0.2) is 5.82 Å². The van der Waals surface area contributed by atoms with Crippen LogP contribution in [0.5, 0.6) is 0 Å². The summed E-state index contributed by atoms with van der Waals surface area (Å²) in [5.74, 6) is -0.613. The minimum absolute atomic E-state index is 0.190. The molecular formula is C12H12N4O3. The highest BCUT2D eigenvalue weighted by molar-refractivity contribution is 6.43. The molecule has 2 heterocycles. The maximum absolute atomic E-state index is 11.6. The highest BCUT2D eigenvalue weighted by atomic mass is 16.5. The molecule has 2 rings (SSSR count). The minimum atomic E-state index is -0.836. The van der Waals surface area contributed by atoms with E-state index in [9.17, 15) is 9.59 Å². The monoisotopic (exact) mass is 260 g/mol. The van der Waals surface area contributed by atoms with Crippen molar-refractivity contribution in [1.29, 1.82) is 0 Å². The van der Waals surface area contributed by atoms with E-state index in [0.29, 0.717) is 11.6 Å². The fourth-order valence-electron chi connectivity index (χ4n) is 1.38. The maximum atomic E-state index is 11.6. The topological polar surface area (TPSA) is 97.1 Å². The van der Waals surface area contributed by atoms with Crippen LogP contribution >= 0.6 is 0 Å². The summed E-state index contributed by atoms with van der Waals surface area (Å²) in [6.45, 7) is 3.54. The summed E-state index contributed by atoms with van der Waals surface area (Å²) >= 11 is 0. The predicted octanol–water partition coefficient (Wildman–Crippen LogP) is 1.26. The fourth-order valence-corrected chi connectivity index (χ4v) is 1.38. The third-order valence-corrected chi connectivity index (χ3v) is 2.23. The molecule has 98 valence electrons. The second-order valence-corrected chi connectivity index (χ2v) is 3.95. The zero-order chi connectivity index (χ0) is 13.8. The number of rotatable bonds is 2. The van der Waals surface area contributed by atoms with Crippen LogP contribution < -0.4 is 10.6 Å². The molecule has 0 aliphatic carbocycles. The third-order valence-electron chi connectivity index (χ3n) is 2.23. The molecule has 0 aromatic carbocycles. The Balaban J connectivity index is 1.98. The van der Waals surface area contributed by atoms with E-state index in [0.717, 1.165) is 5.56 Å². The van der Waals surface area contributed by atoms with Gasteiger partial charge in [0.25, 0.3) is 0 Å². The van der Waals surface area contributed by atoms with Gasteiger partial charge in [0.1, 0.15) is 11.6 Å². The van der Waals surface area contributed by atoms with Crippen LogP contribution in [-0.2, 0) is 9.59 Å². The number of aromatic nitrogens is 2. The first kappa shape index (κ1) is 12.7. The van der Waals surface area contributed by atoms with Crippen LogP contribution in [0.25, 0.3) is 0 Å². The van der Waals surface area contributed by atoms with Crippen molar-refractivity contribution in [2.75, 3.05) is 10.6 Å². The largest absolute Gasteiger partial charge is 0.360 e. The lowest BCUT2D eigenvalue weighted by Gasteiger charge is -2.04. The van der Waals surface area contributed by atoms with Gasteiger partial charge in [-0.1, -0.05) is 5.16 Å². The Hall–Kier alpha value is -2.70. The molecule has 0 aliphatic heterocycles. The maximum Gasteiger partial charge on any atom is 0.315 e. The van der Waals surface area contributed by atoms with E-state index < -0.39 is 11.8 Å². The quantitative estimate of drug-likeness (QED) is 0.792. The molecule has 2 N–H and O–H groups in total. The fraction of sp³-hybridized carbons (Fsp3) is 0.167. The number of nitrogens with zero attached hydrogens (tertiary/aromatic N) is 2. The highest BCUT2D eigenvalue weighted by Crippen LogP contribution is 2.08. The van der Waals surface area contributed by atoms with Crippen LogP contribution in [0, 0.1) is 13.8 Å². The van der Waals surface area contributed by atoms with E-state index >= 15 is 0 Å². The van der Waals surface area contributed by atoms with Crippen LogP contribution in [0.15, 0.2) is 28.9 Å². The number of carbonyl (C=O) groups is 2. The Kier molecular flexibility index (Phi) is 3.56. The van der Waals surface area contributed by atoms with Crippen LogP contribution in [0.1, 0.15) is 11.3 Å².